The van der Waals surface area contributed by atoms with Crippen LogP contribution in [0, 0.1) is 11.8 Å². The van der Waals surface area contributed by atoms with Crippen molar-refractivity contribution >= 4 is 11.9 Å². The van der Waals surface area contributed by atoms with Crippen molar-refractivity contribution in [3.63, 3.8) is 0 Å². The van der Waals surface area contributed by atoms with Crippen molar-refractivity contribution in [2.45, 2.75) is 26.3 Å². The van der Waals surface area contributed by atoms with E-state index in [0.717, 1.165) is 11.3 Å². The minimum absolute atomic E-state index is 0.145. The third-order valence-electron chi connectivity index (χ3n) is 3.49. The Labute approximate surface area is 117 Å². The standard InChI is InChI=1S/C15H19NO4/c1-3-20-11-6-4-10(5-7-11)9(2)16-14(17)12-8-13(12)15(18)19/h4-7,9,12-13H,3,8H2,1-2H3,(H,16,17)(H,18,19). The smallest absolute Gasteiger partial charge is 0.307 e. The average molecular weight is 277 g/mol. The van der Waals surface area contributed by atoms with Crippen molar-refractivity contribution in [2.75, 3.05) is 6.61 Å². The summed E-state index contributed by atoms with van der Waals surface area (Å²) in [5.41, 5.74) is 0.967. The van der Waals surface area contributed by atoms with Gasteiger partial charge in [-0.2, -0.15) is 0 Å². The second-order valence-corrected chi connectivity index (χ2v) is 5.02. The maximum Gasteiger partial charge on any atom is 0.307 e. The number of aliphatic carboxylic acids is 1. The second-order valence-electron chi connectivity index (χ2n) is 5.02. The maximum atomic E-state index is 11.9. The van der Waals surface area contributed by atoms with Crippen molar-refractivity contribution in [3.8, 4) is 5.75 Å². The molecule has 1 amide bonds. The summed E-state index contributed by atoms with van der Waals surface area (Å²) in [6.45, 7) is 4.42. The lowest BCUT2D eigenvalue weighted by Gasteiger charge is -2.15. The van der Waals surface area contributed by atoms with Crippen LogP contribution in [0.1, 0.15) is 31.9 Å². The van der Waals surface area contributed by atoms with Crippen molar-refractivity contribution in [1.29, 1.82) is 0 Å². The molecule has 0 aliphatic heterocycles. The molecule has 0 saturated heterocycles. The van der Waals surface area contributed by atoms with Gasteiger partial charge in [-0.1, -0.05) is 12.1 Å². The number of rotatable bonds is 6. The zero-order valence-electron chi connectivity index (χ0n) is 11.6. The maximum absolute atomic E-state index is 11.9. The Kier molecular flexibility index (Phi) is 4.27. The van der Waals surface area contributed by atoms with Gasteiger partial charge < -0.3 is 15.2 Å². The topological polar surface area (TPSA) is 75.6 Å². The molecule has 1 aromatic carbocycles. The average Bonchev–Trinajstić information content (AvgIpc) is 3.20. The normalized spacial score (nSPS) is 21.9. The Balaban J connectivity index is 1.90. The molecule has 0 bridgehead atoms. The predicted molar refractivity (Wildman–Crippen MR) is 73.4 cm³/mol. The summed E-state index contributed by atoms with van der Waals surface area (Å²) in [6.07, 6.45) is 0.442. The van der Waals surface area contributed by atoms with Gasteiger partial charge in [0.25, 0.3) is 0 Å². The van der Waals surface area contributed by atoms with Crippen molar-refractivity contribution in [1.82, 2.24) is 5.32 Å². The van der Waals surface area contributed by atoms with Gasteiger partial charge in [-0.05, 0) is 38.0 Å². The minimum Gasteiger partial charge on any atom is -0.494 e. The molecule has 1 aliphatic carbocycles. The number of ether oxygens (including phenoxy) is 1. The SMILES string of the molecule is CCOc1ccc(C(C)NC(=O)C2CC2C(=O)O)cc1. The van der Waals surface area contributed by atoms with Crippen LogP contribution in [0.3, 0.4) is 0 Å². The molecular weight excluding hydrogens is 258 g/mol. The lowest BCUT2D eigenvalue weighted by atomic mass is 10.1. The number of hydrogen-bond acceptors (Lipinski definition) is 3. The third kappa shape index (κ3) is 3.29. The van der Waals surface area contributed by atoms with Crippen LogP contribution in [-0.4, -0.2) is 23.6 Å². The highest BCUT2D eigenvalue weighted by Gasteiger charge is 2.48. The van der Waals surface area contributed by atoms with Crippen LogP contribution < -0.4 is 10.1 Å². The number of benzene rings is 1. The first kappa shape index (κ1) is 14.4. The van der Waals surface area contributed by atoms with Crippen molar-refractivity contribution < 1.29 is 19.4 Å². The number of nitrogens with one attached hydrogen (secondary N) is 1. The highest BCUT2D eigenvalue weighted by molar-refractivity contribution is 5.89. The first-order valence-electron chi connectivity index (χ1n) is 6.79. The zero-order chi connectivity index (χ0) is 14.7. The van der Waals surface area contributed by atoms with E-state index in [1.54, 1.807) is 0 Å². The predicted octanol–water partition coefficient (Wildman–Crippen LogP) is 1.98. The number of carbonyl (C=O) groups is 2. The lowest BCUT2D eigenvalue weighted by molar-refractivity contribution is -0.140. The van der Waals surface area contributed by atoms with Crippen molar-refractivity contribution in [2.24, 2.45) is 11.8 Å². The summed E-state index contributed by atoms with van der Waals surface area (Å²) >= 11 is 0. The number of amides is 1. The van der Waals surface area contributed by atoms with Gasteiger partial charge in [-0.25, -0.2) is 0 Å². The van der Waals surface area contributed by atoms with Crippen LogP contribution in [0.2, 0.25) is 0 Å². The Morgan fingerprint density at radius 1 is 1.35 bits per heavy atom. The fourth-order valence-electron chi connectivity index (χ4n) is 2.18. The van der Waals surface area contributed by atoms with Gasteiger partial charge in [0.2, 0.25) is 5.91 Å². The molecule has 2 N–H and O–H groups in total. The molecule has 5 heteroatoms. The van der Waals surface area contributed by atoms with E-state index < -0.39 is 11.9 Å². The zero-order valence-corrected chi connectivity index (χ0v) is 11.6. The third-order valence-corrected chi connectivity index (χ3v) is 3.49. The summed E-state index contributed by atoms with van der Waals surface area (Å²) in [7, 11) is 0. The number of carboxylic acids is 1. The largest absolute Gasteiger partial charge is 0.494 e. The molecular formula is C15H19NO4. The molecule has 108 valence electrons. The van der Waals surface area contributed by atoms with E-state index in [-0.39, 0.29) is 17.9 Å². The highest BCUT2D eigenvalue weighted by Crippen LogP contribution is 2.39. The van der Waals surface area contributed by atoms with E-state index >= 15 is 0 Å². The molecule has 3 unspecified atom stereocenters. The lowest BCUT2D eigenvalue weighted by Crippen LogP contribution is -2.29. The molecule has 0 spiro atoms. The molecule has 0 aromatic heterocycles. The Hall–Kier alpha value is -2.04. The molecule has 2 rings (SSSR count). The number of carbonyl (C=O) groups excluding carboxylic acids is 1. The monoisotopic (exact) mass is 277 g/mol. The van der Waals surface area contributed by atoms with Crippen LogP contribution in [-0.2, 0) is 9.59 Å². The number of carboxylic acid groups (broad SMARTS) is 1. The van der Waals surface area contributed by atoms with Gasteiger partial charge in [-0.3, -0.25) is 9.59 Å². The van der Waals surface area contributed by atoms with Gasteiger partial charge in [0, 0.05) is 0 Å². The Morgan fingerprint density at radius 3 is 2.50 bits per heavy atom. The molecule has 1 aliphatic rings. The summed E-state index contributed by atoms with van der Waals surface area (Å²) in [6, 6.07) is 7.38. The molecule has 20 heavy (non-hydrogen) atoms. The van der Waals surface area contributed by atoms with Crippen LogP contribution >= 0.6 is 0 Å². The number of hydrogen-bond donors (Lipinski definition) is 2. The summed E-state index contributed by atoms with van der Waals surface area (Å²) in [5, 5.41) is 11.7. The molecule has 5 nitrogen and oxygen atoms in total. The van der Waals surface area contributed by atoms with Gasteiger partial charge >= 0.3 is 5.97 Å². The van der Waals surface area contributed by atoms with E-state index in [1.165, 1.54) is 0 Å². The first-order valence-corrected chi connectivity index (χ1v) is 6.79. The van der Waals surface area contributed by atoms with Crippen LogP contribution in [0.15, 0.2) is 24.3 Å². The van der Waals surface area contributed by atoms with E-state index in [0.29, 0.717) is 13.0 Å². The van der Waals surface area contributed by atoms with Crippen molar-refractivity contribution in [3.05, 3.63) is 29.8 Å². The second kappa shape index (κ2) is 5.94. The molecule has 1 saturated carbocycles. The van der Waals surface area contributed by atoms with Crippen LogP contribution in [0.5, 0.6) is 5.75 Å². The van der Waals surface area contributed by atoms with Gasteiger partial charge in [-0.15, -0.1) is 0 Å². The van der Waals surface area contributed by atoms with E-state index in [2.05, 4.69) is 5.32 Å². The fourth-order valence-corrected chi connectivity index (χ4v) is 2.18. The van der Waals surface area contributed by atoms with Crippen LogP contribution in [0.4, 0.5) is 0 Å². The van der Waals surface area contributed by atoms with Crippen LogP contribution in [0.25, 0.3) is 0 Å². The summed E-state index contributed by atoms with van der Waals surface area (Å²) in [4.78, 5) is 22.6. The molecule has 1 fully saturated rings. The van der Waals surface area contributed by atoms with Gasteiger partial charge in [0.05, 0.1) is 24.5 Å². The Bertz CT molecular complexity index is 497. The first-order chi connectivity index (χ1) is 9.52. The Morgan fingerprint density at radius 2 is 2.00 bits per heavy atom. The quantitative estimate of drug-likeness (QED) is 0.833. The molecule has 0 heterocycles. The highest BCUT2D eigenvalue weighted by atomic mass is 16.5. The van der Waals surface area contributed by atoms with E-state index in [9.17, 15) is 9.59 Å². The summed E-state index contributed by atoms with van der Waals surface area (Å²) in [5.74, 6) is -1.17. The van der Waals surface area contributed by atoms with Gasteiger partial charge in [0.15, 0.2) is 0 Å². The van der Waals surface area contributed by atoms with Gasteiger partial charge in [0.1, 0.15) is 5.75 Å². The van der Waals surface area contributed by atoms with E-state index in [4.69, 9.17) is 9.84 Å². The van der Waals surface area contributed by atoms with E-state index in [1.807, 2.05) is 38.1 Å². The molecule has 0 radical (unpaired) electrons. The fraction of sp³-hybridized carbons (Fsp3) is 0.467. The molecule has 1 aromatic rings. The minimum atomic E-state index is -0.890. The molecule has 3 atom stereocenters. The summed E-state index contributed by atoms with van der Waals surface area (Å²) < 4.78 is 5.36.